The molecule has 0 saturated heterocycles. The fraction of sp³-hybridized carbons (Fsp3) is 0.316. The van der Waals surface area contributed by atoms with Gasteiger partial charge < -0.3 is 9.84 Å². The second-order valence-electron chi connectivity index (χ2n) is 6.72. The fourth-order valence-electron chi connectivity index (χ4n) is 3.46. The van der Waals surface area contributed by atoms with Gasteiger partial charge in [-0.25, -0.2) is 5.01 Å². The van der Waals surface area contributed by atoms with E-state index in [0.29, 0.717) is 0 Å². The van der Waals surface area contributed by atoms with Crippen molar-refractivity contribution in [2.75, 3.05) is 0 Å². The molecule has 1 atom stereocenters. The van der Waals surface area contributed by atoms with E-state index in [-0.39, 0.29) is 11.8 Å². The van der Waals surface area contributed by atoms with Crippen LogP contribution in [0.25, 0.3) is 0 Å². The molecule has 0 bridgehead atoms. The van der Waals surface area contributed by atoms with Crippen molar-refractivity contribution in [3.05, 3.63) is 59.2 Å². The minimum Gasteiger partial charge on any atom is -0.507 e. The third-order valence-electron chi connectivity index (χ3n) is 4.56. The Morgan fingerprint density at radius 1 is 1.22 bits per heavy atom. The van der Waals surface area contributed by atoms with Crippen LogP contribution >= 0.6 is 0 Å². The van der Waals surface area contributed by atoms with Crippen LogP contribution in [0.2, 0.25) is 0 Å². The molecule has 0 saturated carbocycles. The third kappa shape index (κ3) is 2.17. The molecule has 0 unspecified atom stereocenters. The second-order valence-corrected chi connectivity index (χ2v) is 6.72. The Hall–Kier alpha value is -2.49. The molecule has 4 heteroatoms. The summed E-state index contributed by atoms with van der Waals surface area (Å²) in [5.41, 5.74) is 3.47. The summed E-state index contributed by atoms with van der Waals surface area (Å²) in [4.78, 5) is 0. The highest BCUT2D eigenvalue weighted by Gasteiger charge is 2.44. The van der Waals surface area contributed by atoms with Crippen molar-refractivity contribution in [2.45, 2.75) is 39.0 Å². The number of para-hydroxylation sites is 1. The van der Waals surface area contributed by atoms with Crippen LogP contribution in [0.1, 0.15) is 43.0 Å². The zero-order valence-electron chi connectivity index (χ0n) is 13.6. The van der Waals surface area contributed by atoms with E-state index in [1.54, 1.807) is 6.07 Å². The molecule has 2 aromatic rings. The van der Waals surface area contributed by atoms with Crippen LogP contribution in [-0.4, -0.2) is 21.6 Å². The molecule has 0 aliphatic carbocycles. The maximum atomic E-state index is 10.2. The molecule has 118 valence electrons. The van der Waals surface area contributed by atoms with Gasteiger partial charge in [-0.1, -0.05) is 29.8 Å². The number of fused-ring (bicyclic) bond motifs is 3. The minimum atomic E-state index is -0.514. The van der Waals surface area contributed by atoms with E-state index >= 15 is 0 Å². The van der Waals surface area contributed by atoms with Gasteiger partial charge in [0.1, 0.15) is 11.5 Å². The summed E-state index contributed by atoms with van der Waals surface area (Å²) in [5.74, 6) is 1.20. The van der Waals surface area contributed by atoms with Crippen LogP contribution in [0, 0.1) is 6.92 Å². The molecule has 2 heterocycles. The number of nitrogens with zero attached hydrogens (tertiary/aromatic N) is 2. The van der Waals surface area contributed by atoms with Crippen molar-refractivity contribution in [3.8, 4) is 11.5 Å². The Morgan fingerprint density at radius 3 is 2.83 bits per heavy atom. The maximum absolute atomic E-state index is 10.2. The molecule has 4 nitrogen and oxygen atoms in total. The number of rotatable bonds is 1. The van der Waals surface area contributed by atoms with Gasteiger partial charge in [0.05, 0.1) is 11.8 Å². The molecule has 0 aromatic heterocycles. The molecule has 0 spiro atoms. The van der Waals surface area contributed by atoms with Crippen molar-refractivity contribution in [1.82, 2.24) is 5.01 Å². The number of benzene rings is 2. The summed E-state index contributed by atoms with van der Waals surface area (Å²) in [6.45, 7) is 6.07. The Kier molecular flexibility index (Phi) is 2.92. The van der Waals surface area contributed by atoms with E-state index in [9.17, 15) is 5.11 Å². The number of aromatic hydroxyl groups is 1. The molecule has 23 heavy (non-hydrogen) atoms. The van der Waals surface area contributed by atoms with Crippen LogP contribution in [-0.2, 0) is 0 Å². The Morgan fingerprint density at radius 2 is 2.00 bits per heavy atom. The molecule has 0 radical (unpaired) electrons. The van der Waals surface area contributed by atoms with E-state index in [1.165, 1.54) is 0 Å². The normalized spacial score (nSPS) is 21.3. The highest BCUT2D eigenvalue weighted by Crippen LogP contribution is 2.46. The molecular weight excluding hydrogens is 288 g/mol. The Labute approximate surface area is 136 Å². The minimum absolute atomic E-state index is 0.143. The average molecular weight is 308 g/mol. The lowest BCUT2D eigenvalue weighted by Crippen LogP contribution is -2.48. The smallest absolute Gasteiger partial charge is 0.192 e. The van der Waals surface area contributed by atoms with Crippen LogP contribution in [0.3, 0.4) is 0 Å². The van der Waals surface area contributed by atoms with Gasteiger partial charge in [0.2, 0.25) is 0 Å². The van der Waals surface area contributed by atoms with E-state index in [1.807, 2.05) is 56.1 Å². The van der Waals surface area contributed by atoms with Gasteiger partial charge >= 0.3 is 0 Å². The average Bonchev–Trinajstić information content (AvgIpc) is 2.96. The van der Waals surface area contributed by atoms with Crippen LogP contribution in [0.15, 0.2) is 47.6 Å². The topological polar surface area (TPSA) is 45.1 Å². The number of phenols is 1. The summed E-state index contributed by atoms with van der Waals surface area (Å²) in [5, 5.41) is 17.0. The Bertz CT molecular complexity index is 811. The zero-order valence-corrected chi connectivity index (χ0v) is 13.6. The molecular formula is C19H20N2O2. The van der Waals surface area contributed by atoms with E-state index in [2.05, 4.69) is 6.07 Å². The molecule has 2 aliphatic rings. The first kappa shape index (κ1) is 14.1. The maximum Gasteiger partial charge on any atom is 0.192 e. The second kappa shape index (κ2) is 4.75. The van der Waals surface area contributed by atoms with Crippen molar-refractivity contribution >= 4 is 5.71 Å². The summed E-state index contributed by atoms with van der Waals surface area (Å²) in [7, 11) is 0. The molecule has 1 N–H and O–H groups in total. The van der Waals surface area contributed by atoms with Gasteiger partial charge in [0, 0.05) is 17.5 Å². The number of aryl methyl sites for hydroxylation is 1. The largest absolute Gasteiger partial charge is 0.507 e. The van der Waals surface area contributed by atoms with Gasteiger partial charge in [-0.05, 0) is 39.0 Å². The van der Waals surface area contributed by atoms with Gasteiger partial charge in [-0.15, -0.1) is 0 Å². The first-order valence-electron chi connectivity index (χ1n) is 7.90. The number of phenolic OH excluding ortho intramolecular Hbond substituents is 1. The lowest BCUT2D eigenvalue weighted by Gasteiger charge is -2.43. The highest BCUT2D eigenvalue weighted by molar-refractivity contribution is 6.04. The van der Waals surface area contributed by atoms with Crippen LogP contribution in [0.4, 0.5) is 0 Å². The number of ether oxygens (including phenoxy) is 1. The first-order chi connectivity index (χ1) is 11.0. The Balaban J connectivity index is 1.80. The lowest BCUT2D eigenvalue weighted by molar-refractivity contribution is -0.0911. The van der Waals surface area contributed by atoms with Crippen molar-refractivity contribution in [3.63, 3.8) is 0 Å². The number of hydrazone groups is 1. The predicted octanol–water partition coefficient (Wildman–Crippen LogP) is 3.98. The molecule has 4 rings (SSSR count). The summed E-state index contributed by atoms with van der Waals surface area (Å²) in [6, 6.07) is 13.9. The molecule has 0 fully saturated rings. The summed E-state index contributed by atoms with van der Waals surface area (Å²) >= 11 is 0. The van der Waals surface area contributed by atoms with Crippen molar-refractivity contribution in [2.24, 2.45) is 5.10 Å². The van der Waals surface area contributed by atoms with Crippen LogP contribution < -0.4 is 4.74 Å². The van der Waals surface area contributed by atoms with Gasteiger partial charge in [-0.3, -0.25) is 0 Å². The van der Waals surface area contributed by atoms with E-state index in [4.69, 9.17) is 9.84 Å². The van der Waals surface area contributed by atoms with Crippen molar-refractivity contribution in [1.29, 1.82) is 0 Å². The van der Waals surface area contributed by atoms with Crippen molar-refractivity contribution < 1.29 is 9.84 Å². The fourth-order valence-corrected chi connectivity index (χ4v) is 3.46. The van der Waals surface area contributed by atoms with Crippen LogP contribution in [0.5, 0.6) is 11.5 Å². The molecule has 2 aliphatic heterocycles. The van der Waals surface area contributed by atoms with E-state index < -0.39 is 5.72 Å². The SMILES string of the molecule is Cc1ccc(O)c(C2=NN3[C@H](C2)c2ccccc2OC3(C)C)c1. The number of hydrogen-bond donors (Lipinski definition) is 1. The monoisotopic (exact) mass is 308 g/mol. The molecule has 0 amide bonds. The quantitative estimate of drug-likeness (QED) is 0.866. The molecule has 2 aromatic carbocycles. The zero-order chi connectivity index (χ0) is 16.2. The number of hydrogen-bond acceptors (Lipinski definition) is 4. The summed E-state index contributed by atoms with van der Waals surface area (Å²) < 4.78 is 6.13. The van der Waals surface area contributed by atoms with Gasteiger partial charge in [0.25, 0.3) is 0 Å². The lowest BCUT2D eigenvalue weighted by atomic mass is 9.94. The van der Waals surface area contributed by atoms with Gasteiger partial charge in [0.15, 0.2) is 5.72 Å². The van der Waals surface area contributed by atoms with Gasteiger partial charge in [-0.2, -0.15) is 5.10 Å². The summed E-state index contributed by atoms with van der Waals surface area (Å²) in [6.07, 6.45) is 0.765. The first-order valence-corrected chi connectivity index (χ1v) is 7.90. The standard InChI is InChI=1S/C19H20N2O2/c1-12-8-9-17(22)14(10-12)15-11-16-13-6-4-5-7-18(13)23-19(2,3)21(16)20-15/h4-10,16,22H,11H2,1-3H3/t16-/m1/s1. The third-order valence-corrected chi connectivity index (χ3v) is 4.56. The van der Waals surface area contributed by atoms with E-state index in [0.717, 1.165) is 34.6 Å². The highest BCUT2D eigenvalue weighted by atomic mass is 16.5. The predicted molar refractivity (Wildman–Crippen MR) is 89.7 cm³/mol.